The molecule has 4 heteroatoms. The summed E-state index contributed by atoms with van der Waals surface area (Å²) in [4.78, 5) is 14.9. The minimum absolute atomic E-state index is 0.0977. The van der Waals surface area contributed by atoms with E-state index in [-0.39, 0.29) is 11.0 Å². The van der Waals surface area contributed by atoms with Crippen LogP contribution < -0.4 is 0 Å². The van der Waals surface area contributed by atoms with Gasteiger partial charge < -0.3 is 4.18 Å². The van der Waals surface area contributed by atoms with Crippen molar-refractivity contribution in [2.75, 3.05) is 13.2 Å². The Balaban J connectivity index is 2.80. The third-order valence-electron chi connectivity index (χ3n) is 3.75. The van der Waals surface area contributed by atoms with Crippen LogP contribution in [0.25, 0.3) is 0 Å². The van der Waals surface area contributed by atoms with Gasteiger partial charge in [-0.25, -0.2) is 0 Å². The Kier molecular flexibility index (Phi) is 8.76. The SMILES string of the molecule is CCOSC(=O)C(CCN(C(C)C)C(C)C)c1ccccc1. The number of hydrogen-bond donors (Lipinski definition) is 0. The smallest absolute Gasteiger partial charge is 0.223 e. The van der Waals surface area contributed by atoms with Gasteiger partial charge in [0.25, 0.3) is 0 Å². The van der Waals surface area contributed by atoms with Crippen LogP contribution in [0.2, 0.25) is 0 Å². The summed E-state index contributed by atoms with van der Waals surface area (Å²) in [6, 6.07) is 11.0. The van der Waals surface area contributed by atoms with Crippen LogP contribution in [0.3, 0.4) is 0 Å². The molecule has 1 unspecified atom stereocenters. The van der Waals surface area contributed by atoms with E-state index in [1.54, 1.807) is 0 Å². The molecule has 0 heterocycles. The van der Waals surface area contributed by atoms with Gasteiger partial charge in [-0.1, -0.05) is 30.3 Å². The molecule has 1 aromatic rings. The second-order valence-electron chi connectivity index (χ2n) is 5.99. The summed E-state index contributed by atoms with van der Waals surface area (Å²) in [6.07, 6.45) is 0.819. The van der Waals surface area contributed by atoms with Crippen LogP contribution in [-0.4, -0.2) is 35.3 Å². The Labute approximate surface area is 139 Å². The van der Waals surface area contributed by atoms with Crippen molar-refractivity contribution in [3.63, 3.8) is 0 Å². The van der Waals surface area contributed by atoms with E-state index in [1.165, 1.54) is 0 Å². The van der Waals surface area contributed by atoms with Crippen LogP contribution in [0.4, 0.5) is 0 Å². The first kappa shape index (κ1) is 19.2. The Morgan fingerprint density at radius 1 is 1.14 bits per heavy atom. The van der Waals surface area contributed by atoms with Gasteiger partial charge in [0.15, 0.2) is 0 Å². The highest BCUT2D eigenvalue weighted by Crippen LogP contribution is 2.27. The topological polar surface area (TPSA) is 29.5 Å². The van der Waals surface area contributed by atoms with Gasteiger partial charge in [-0.3, -0.25) is 9.69 Å². The molecule has 0 saturated carbocycles. The molecule has 0 radical (unpaired) electrons. The van der Waals surface area contributed by atoms with Crippen molar-refractivity contribution < 1.29 is 8.98 Å². The van der Waals surface area contributed by atoms with Gasteiger partial charge in [-0.15, -0.1) is 0 Å². The van der Waals surface area contributed by atoms with Gasteiger partial charge in [0.1, 0.15) is 0 Å². The van der Waals surface area contributed by atoms with Gasteiger partial charge in [0.2, 0.25) is 5.12 Å². The van der Waals surface area contributed by atoms with Crippen LogP contribution in [0.15, 0.2) is 30.3 Å². The van der Waals surface area contributed by atoms with Gasteiger partial charge >= 0.3 is 0 Å². The fraction of sp³-hybridized carbons (Fsp3) is 0.611. The lowest BCUT2D eigenvalue weighted by molar-refractivity contribution is -0.113. The lowest BCUT2D eigenvalue weighted by atomic mass is 9.96. The molecule has 3 nitrogen and oxygen atoms in total. The molecule has 0 aliphatic rings. The van der Waals surface area contributed by atoms with Crippen molar-refractivity contribution in [1.29, 1.82) is 0 Å². The standard InChI is InChI=1S/C18H29NO2S/c1-6-21-22-18(20)17(16-10-8-7-9-11-16)12-13-19(14(2)3)15(4)5/h7-11,14-15,17H,6,12-13H2,1-5H3. The number of carbonyl (C=O) groups is 1. The van der Waals surface area contributed by atoms with Gasteiger partial charge in [0.05, 0.1) is 24.6 Å². The van der Waals surface area contributed by atoms with E-state index in [0.717, 1.165) is 30.6 Å². The molecule has 0 aliphatic heterocycles. The molecule has 0 aromatic heterocycles. The molecule has 0 saturated heterocycles. The molecule has 1 rings (SSSR count). The Hall–Kier alpha value is -0.840. The number of benzene rings is 1. The minimum atomic E-state index is -0.113. The molecular formula is C18H29NO2S. The molecule has 0 bridgehead atoms. The van der Waals surface area contributed by atoms with Crippen LogP contribution in [0.1, 0.15) is 52.5 Å². The molecular weight excluding hydrogens is 294 g/mol. The summed E-state index contributed by atoms with van der Waals surface area (Å²) >= 11 is 0.990. The van der Waals surface area contributed by atoms with Gasteiger partial charge in [0, 0.05) is 12.1 Å². The van der Waals surface area contributed by atoms with Crippen LogP contribution >= 0.6 is 12.0 Å². The Bertz CT molecular complexity index is 426. The van der Waals surface area contributed by atoms with E-state index in [1.807, 2.05) is 37.3 Å². The third-order valence-corrected chi connectivity index (χ3v) is 4.55. The predicted octanol–water partition coefficient (Wildman–Crippen LogP) is 4.49. The highest BCUT2D eigenvalue weighted by molar-refractivity contribution is 8.09. The maximum Gasteiger partial charge on any atom is 0.223 e. The molecule has 0 spiro atoms. The van der Waals surface area contributed by atoms with E-state index >= 15 is 0 Å². The summed E-state index contributed by atoms with van der Waals surface area (Å²) in [7, 11) is 0. The van der Waals surface area contributed by atoms with E-state index in [2.05, 4.69) is 32.6 Å². The summed E-state index contributed by atoms with van der Waals surface area (Å²) in [5.74, 6) is -0.113. The normalized spacial score (nSPS) is 13.1. The molecule has 1 atom stereocenters. The molecule has 0 aliphatic carbocycles. The number of hydrogen-bond acceptors (Lipinski definition) is 4. The highest BCUT2D eigenvalue weighted by Gasteiger charge is 2.24. The maximum atomic E-state index is 12.5. The Morgan fingerprint density at radius 3 is 2.23 bits per heavy atom. The summed E-state index contributed by atoms with van der Waals surface area (Å²) < 4.78 is 5.25. The number of rotatable bonds is 9. The summed E-state index contributed by atoms with van der Waals surface area (Å²) in [5.41, 5.74) is 1.08. The zero-order valence-corrected chi connectivity index (χ0v) is 15.2. The molecule has 124 valence electrons. The molecule has 0 N–H and O–H groups in total. The Morgan fingerprint density at radius 2 is 1.73 bits per heavy atom. The first-order valence-corrected chi connectivity index (χ1v) is 8.85. The second-order valence-corrected chi connectivity index (χ2v) is 6.79. The zero-order chi connectivity index (χ0) is 16.5. The fourth-order valence-corrected chi connectivity index (χ4v) is 3.28. The third kappa shape index (κ3) is 6.11. The van der Waals surface area contributed by atoms with Crippen LogP contribution in [-0.2, 0) is 8.98 Å². The van der Waals surface area contributed by atoms with Crippen molar-refractivity contribution in [2.24, 2.45) is 0 Å². The van der Waals surface area contributed by atoms with E-state index in [9.17, 15) is 4.79 Å². The zero-order valence-electron chi connectivity index (χ0n) is 14.4. The van der Waals surface area contributed by atoms with Gasteiger partial charge in [-0.2, -0.15) is 0 Å². The lowest BCUT2D eigenvalue weighted by Gasteiger charge is -2.31. The first-order chi connectivity index (χ1) is 10.5. The van der Waals surface area contributed by atoms with Crippen molar-refractivity contribution in [2.45, 2.75) is 59.0 Å². The lowest BCUT2D eigenvalue weighted by Crippen LogP contribution is -2.38. The van der Waals surface area contributed by atoms with E-state index in [4.69, 9.17) is 4.18 Å². The highest BCUT2D eigenvalue weighted by atomic mass is 32.2. The average molecular weight is 324 g/mol. The van der Waals surface area contributed by atoms with Crippen molar-refractivity contribution in [1.82, 2.24) is 4.90 Å². The van der Waals surface area contributed by atoms with E-state index in [0.29, 0.717) is 18.7 Å². The second kappa shape index (κ2) is 10.0. The van der Waals surface area contributed by atoms with Crippen LogP contribution in [0, 0.1) is 0 Å². The largest absolute Gasteiger partial charge is 0.308 e. The fourth-order valence-electron chi connectivity index (χ4n) is 2.67. The molecule has 0 amide bonds. The molecule has 0 fully saturated rings. The first-order valence-electron chi connectivity index (χ1n) is 8.11. The quantitative estimate of drug-likeness (QED) is 0.626. The number of nitrogens with zero attached hydrogens (tertiary/aromatic N) is 1. The van der Waals surface area contributed by atoms with E-state index < -0.39 is 0 Å². The average Bonchev–Trinajstić information content (AvgIpc) is 2.49. The summed E-state index contributed by atoms with van der Waals surface area (Å²) in [5, 5.41) is 0.0977. The maximum absolute atomic E-state index is 12.5. The van der Waals surface area contributed by atoms with Crippen molar-refractivity contribution in [3.8, 4) is 0 Å². The molecule has 22 heavy (non-hydrogen) atoms. The molecule has 1 aromatic carbocycles. The van der Waals surface area contributed by atoms with Crippen molar-refractivity contribution >= 4 is 17.2 Å². The van der Waals surface area contributed by atoms with Crippen molar-refractivity contribution in [3.05, 3.63) is 35.9 Å². The van der Waals surface area contributed by atoms with Crippen LogP contribution in [0.5, 0.6) is 0 Å². The summed E-state index contributed by atoms with van der Waals surface area (Å²) in [6.45, 7) is 12.2. The van der Waals surface area contributed by atoms with Gasteiger partial charge in [-0.05, 0) is 53.1 Å². The minimum Gasteiger partial charge on any atom is -0.308 e. The monoisotopic (exact) mass is 323 g/mol. The predicted molar refractivity (Wildman–Crippen MR) is 95.0 cm³/mol. The number of carbonyl (C=O) groups excluding carboxylic acids is 1.